The molecule has 1 aliphatic carbocycles. The normalized spacial score (nSPS) is 23.3. The maximum Gasteiger partial charge on any atom is 0.124 e. The van der Waals surface area contributed by atoms with Gasteiger partial charge >= 0.3 is 0 Å². The molecule has 1 saturated carbocycles. The lowest BCUT2D eigenvalue weighted by atomic mass is 9.83. The highest BCUT2D eigenvalue weighted by atomic mass is 79.9. The molecule has 0 bridgehead atoms. The van der Waals surface area contributed by atoms with Gasteiger partial charge in [0, 0.05) is 10.5 Å². The fourth-order valence-electron chi connectivity index (χ4n) is 3.36. The second kappa shape index (κ2) is 8.28. The zero-order chi connectivity index (χ0) is 15.2. The van der Waals surface area contributed by atoms with Gasteiger partial charge < -0.3 is 5.32 Å². The average Bonchev–Trinajstić information content (AvgIpc) is 2.65. The molecule has 1 fully saturated rings. The molecule has 21 heavy (non-hydrogen) atoms. The van der Waals surface area contributed by atoms with Gasteiger partial charge in [-0.15, -0.1) is 0 Å². The van der Waals surface area contributed by atoms with E-state index in [0.29, 0.717) is 12.0 Å². The second-order valence-corrected chi connectivity index (χ2v) is 7.52. The van der Waals surface area contributed by atoms with Crippen LogP contribution in [0.15, 0.2) is 22.7 Å². The van der Waals surface area contributed by atoms with E-state index >= 15 is 0 Å². The van der Waals surface area contributed by atoms with E-state index in [0.717, 1.165) is 23.4 Å². The Kier molecular flexibility index (Phi) is 6.69. The minimum absolute atomic E-state index is 0.162. The monoisotopic (exact) mass is 355 g/mol. The highest BCUT2D eigenvalue weighted by molar-refractivity contribution is 9.10. The fourth-order valence-corrected chi connectivity index (χ4v) is 3.87. The van der Waals surface area contributed by atoms with Gasteiger partial charge in [-0.1, -0.05) is 55.1 Å². The van der Waals surface area contributed by atoms with Crippen molar-refractivity contribution in [2.45, 2.75) is 58.4 Å². The third kappa shape index (κ3) is 5.37. The molecule has 118 valence electrons. The van der Waals surface area contributed by atoms with Crippen LogP contribution in [-0.2, 0) is 6.42 Å². The van der Waals surface area contributed by atoms with E-state index < -0.39 is 0 Å². The minimum Gasteiger partial charge on any atom is -0.314 e. The number of nitrogens with one attached hydrogen (secondary N) is 1. The molecule has 2 rings (SSSR count). The van der Waals surface area contributed by atoms with E-state index in [9.17, 15) is 4.39 Å². The summed E-state index contributed by atoms with van der Waals surface area (Å²) in [5.41, 5.74) is 1.25. The number of hydrogen-bond acceptors (Lipinski definition) is 1. The molecular weight excluding hydrogens is 329 g/mol. The molecule has 0 spiro atoms. The summed E-state index contributed by atoms with van der Waals surface area (Å²) >= 11 is 3.52. The van der Waals surface area contributed by atoms with Crippen LogP contribution in [0.3, 0.4) is 0 Å². The predicted molar refractivity (Wildman–Crippen MR) is 91.0 cm³/mol. The van der Waals surface area contributed by atoms with Crippen LogP contribution in [-0.4, -0.2) is 12.6 Å². The van der Waals surface area contributed by atoms with E-state index in [1.807, 2.05) is 6.07 Å². The van der Waals surface area contributed by atoms with Crippen molar-refractivity contribution in [3.05, 3.63) is 34.1 Å². The molecule has 2 atom stereocenters. The van der Waals surface area contributed by atoms with Crippen LogP contribution in [0.25, 0.3) is 0 Å². The van der Waals surface area contributed by atoms with Crippen LogP contribution in [0.4, 0.5) is 4.39 Å². The van der Waals surface area contributed by atoms with Gasteiger partial charge in [0.1, 0.15) is 5.82 Å². The van der Waals surface area contributed by atoms with E-state index in [1.54, 1.807) is 12.1 Å². The second-order valence-electron chi connectivity index (χ2n) is 6.66. The van der Waals surface area contributed by atoms with Crippen molar-refractivity contribution in [2.24, 2.45) is 11.8 Å². The van der Waals surface area contributed by atoms with E-state index in [-0.39, 0.29) is 5.82 Å². The van der Waals surface area contributed by atoms with Crippen molar-refractivity contribution in [3.63, 3.8) is 0 Å². The maximum absolute atomic E-state index is 13.2. The summed E-state index contributed by atoms with van der Waals surface area (Å²) in [4.78, 5) is 0. The molecule has 0 aromatic heterocycles. The number of hydrogen-bond donors (Lipinski definition) is 1. The molecule has 3 heteroatoms. The first kappa shape index (κ1) is 17.0. The molecule has 1 nitrogen and oxygen atoms in total. The highest BCUT2D eigenvalue weighted by Crippen LogP contribution is 2.33. The van der Waals surface area contributed by atoms with Crippen molar-refractivity contribution >= 4 is 15.9 Å². The van der Waals surface area contributed by atoms with E-state index in [2.05, 4.69) is 35.1 Å². The lowest BCUT2D eigenvalue weighted by Gasteiger charge is -2.27. The van der Waals surface area contributed by atoms with Crippen molar-refractivity contribution in [1.29, 1.82) is 0 Å². The molecule has 0 aliphatic heterocycles. The molecule has 0 amide bonds. The minimum atomic E-state index is -0.162. The average molecular weight is 356 g/mol. The van der Waals surface area contributed by atoms with Crippen molar-refractivity contribution in [2.75, 3.05) is 6.54 Å². The van der Waals surface area contributed by atoms with Crippen LogP contribution in [0.2, 0.25) is 0 Å². The Hall–Kier alpha value is -0.410. The van der Waals surface area contributed by atoms with Crippen LogP contribution in [0, 0.1) is 17.7 Å². The molecule has 2 unspecified atom stereocenters. The SMILES string of the molecule is CC(C)NCC1CCCCCC1Cc1ccc(F)cc1Br. The zero-order valence-corrected chi connectivity index (χ0v) is 14.8. The lowest BCUT2D eigenvalue weighted by Crippen LogP contribution is -2.33. The first-order chi connectivity index (χ1) is 10.1. The molecule has 1 aromatic carbocycles. The summed E-state index contributed by atoms with van der Waals surface area (Å²) in [5, 5.41) is 3.61. The summed E-state index contributed by atoms with van der Waals surface area (Å²) in [7, 11) is 0. The van der Waals surface area contributed by atoms with Gasteiger partial charge in [-0.3, -0.25) is 0 Å². The standard InChI is InChI=1S/C18H27BrFN/c1-13(2)21-12-16-7-5-3-4-6-14(16)10-15-8-9-17(20)11-18(15)19/h8-9,11,13-14,16,21H,3-7,10,12H2,1-2H3. The van der Waals surface area contributed by atoms with Crippen LogP contribution < -0.4 is 5.32 Å². The molecule has 0 heterocycles. The number of rotatable bonds is 5. The molecule has 1 aliphatic rings. The van der Waals surface area contributed by atoms with E-state index in [1.165, 1.54) is 37.7 Å². The smallest absolute Gasteiger partial charge is 0.124 e. The number of benzene rings is 1. The molecule has 1 aromatic rings. The van der Waals surface area contributed by atoms with Crippen LogP contribution >= 0.6 is 15.9 Å². The van der Waals surface area contributed by atoms with Gasteiger partial charge in [-0.25, -0.2) is 4.39 Å². The summed E-state index contributed by atoms with van der Waals surface area (Å²) in [6.45, 7) is 5.53. The summed E-state index contributed by atoms with van der Waals surface area (Å²) in [5.74, 6) is 1.29. The molecule has 1 N–H and O–H groups in total. The van der Waals surface area contributed by atoms with Gasteiger partial charge in [0.2, 0.25) is 0 Å². The summed E-state index contributed by atoms with van der Waals surface area (Å²) in [6.07, 6.45) is 7.73. The van der Waals surface area contributed by atoms with E-state index in [4.69, 9.17) is 0 Å². The Balaban J connectivity index is 2.05. The Morgan fingerprint density at radius 2 is 1.90 bits per heavy atom. The van der Waals surface area contributed by atoms with Crippen molar-refractivity contribution in [1.82, 2.24) is 5.32 Å². The van der Waals surface area contributed by atoms with Gasteiger partial charge in [0.25, 0.3) is 0 Å². The van der Waals surface area contributed by atoms with Crippen LogP contribution in [0.5, 0.6) is 0 Å². The number of halogens is 2. The van der Waals surface area contributed by atoms with Crippen molar-refractivity contribution < 1.29 is 4.39 Å². The third-order valence-electron chi connectivity index (χ3n) is 4.60. The Morgan fingerprint density at radius 3 is 2.57 bits per heavy atom. The third-order valence-corrected chi connectivity index (χ3v) is 5.34. The Bertz CT molecular complexity index is 447. The predicted octanol–water partition coefficient (Wildman–Crippen LogP) is 5.33. The maximum atomic E-state index is 13.2. The molecular formula is C18H27BrFN. The van der Waals surface area contributed by atoms with Crippen molar-refractivity contribution in [3.8, 4) is 0 Å². The first-order valence-corrected chi connectivity index (χ1v) is 9.03. The zero-order valence-electron chi connectivity index (χ0n) is 13.2. The van der Waals surface area contributed by atoms with Gasteiger partial charge in [0.05, 0.1) is 0 Å². The lowest BCUT2D eigenvalue weighted by molar-refractivity contribution is 0.291. The van der Waals surface area contributed by atoms with Gasteiger partial charge in [0.15, 0.2) is 0 Å². The van der Waals surface area contributed by atoms with Crippen LogP contribution in [0.1, 0.15) is 51.5 Å². The molecule has 0 radical (unpaired) electrons. The summed E-state index contributed by atoms with van der Waals surface area (Å²) in [6, 6.07) is 5.66. The summed E-state index contributed by atoms with van der Waals surface area (Å²) < 4.78 is 14.2. The Labute approximate surface area is 136 Å². The van der Waals surface area contributed by atoms with Gasteiger partial charge in [-0.2, -0.15) is 0 Å². The largest absolute Gasteiger partial charge is 0.314 e. The topological polar surface area (TPSA) is 12.0 Å². The Morgan fingerprint density at radius 1 is 1.19 bits per heavy atom. The molecule has 0 saturated heterocycles. The highest BCUT2D eigenvalue weighted by Gasteiger charge is 2.24. The van der Waals surface area contributed by atoms with Gasteiger partial charge in [-0.05, 0) is 55.3 Å². The first-order valence-electron chi connectivity index (χ1n) is 8.23. The quantitative estimate of drug-likeness (QED) is 0.704. The fraction of sp³-hybridized carbons (Fsp3) is 0.667.